The van der Waals surface area contributed by atoms with Crippen LogP contribution < -0.4 is 10.1 Å². The fraction of sp³-hybridized carbons (Fsp3) is 0.158. The van der Waals surface area contributed by atoms with Crippen LogP contribution in [0, 0.1) is 6.92 Å². The van der Waals surface area contributed by atoms with Gasteiger partial charge < -0.3 is 10.1 Å². The summed E-state index contributed by atoms with van der Waals surface area (Å²) in [6.45, 7) is 4.26. The van der Waals surface area contributed by atoms with E-state index in [4.69, 9.17) is 16.3 Å². The van der Waals surface area contributed by atoms with Crippen molar-refractivity contribution in [2.24, 2.45) is 0 Å². The van der Waals surface area contributed by atoms with Gasteiger partial charge in [0.1, 0.15) is 5.75 Å². The number of halogens is 1. The minimum absolute atomic E-state index is 0.279. The Morgan fingerprint density at radius 1 is 1.24 bits per heavy atom. The molecule has 3 aromatic rings. The zero-order valence-electron chi connectivity index (χ0n) is 14.0. The maximum absolute atomic E-state index is 12.7. The molecule has 0 aliphatic carbocycles. The number of aromatic nitrogens is 2. The normalized spacial score (nSPS) is 10.5. The largest absolute Gasteiger partial charge is 0.493 e. The van der Waals surface area contributed by atoms with Crippen molar-refractivity contribution in [3.63, 3.8) is 0 Å². The summed E-state index contributed by atoms with van der Waals surface area (Å²) in [6.07, 6.45) is 0. The Morgan fingerprint density at radius 2 is 2.04 bits per heavy atom. The van der Waals surface area contributed by atoms with Crippen molar-refractivity contribution in [3.8, 4) is 16.9 Å². The molecule has 2 aromatic carbocycles. The van der Waals surface area contributed by atoms with E-state index in [1.165, 1.54) is 0 Å². The van der Waals surface area contributed by atoms with Gasteiger partial charge in [-0.05, 0) is 43.7 Å². The van der Waals surface area contributed by atoms with E-state index in [1.54, 1.807) is 24.3 Å². The quantitative estimate of drug-likeness (QED) is 0.697. The molecule has 0 aliphatic heterocycles. The predicted octanol–water partition coefficient (Wildman–Crippen LogP) is 4.69. The molecule has 0 atom stereocenters. The molecular formula is C19H18ClN3O2. The van der Waals surface area contributed by atoms with Gasteiger partial charge in [-0.2, -0.15) is 5.10 Å². The van der Waals surface area contributed by atoms with Crippen molar-refractivity contribution >= 4 is 23.3 Å². The highest BCUT2D eigenvalue weighted by molar-refractivity contribution is 6.30. The van der Waals surface area contributed by atoms with E-state index in [0.717, 1.165) is 16.8 Å². The Kier molecular flexibility index (Phi) is 5.05. The highest BCUT2D eigenvalue weighted by Gasteiger charge is 2.18. The Bertz CT molecular complexity index is 905. The van der Waals surface area contributed by atoms with Crippen molar-refractivity contribution in [1.29, 1.82) is 0 Å². The van der Waals surface area contributed by atoms with Gasteiger partial charge in [-0.3, -0.25) is 9.89 Å². The Balaban J connectivity index is 1.93. The van der Waals surface area contributed by atoms with Crippen LogP contribution in [-0.4, -0.2) is 22.7 Å². The van der Waals surface area contributed by atoms with Crippen LogP contribution in [0.4, 0.5) is 5.82 Å². The molecule has 6 heteroatoms. The SMILES string of the molecule is CCOc1ccccc1C(=O)Nc1n[nH]c(C)c1-c1cccc(Cl)c1. The second-order valence-electron chi connectivity index (χ2n) is 5.47. The van der Waals surface area contributed by atoms with E-state index in [9.17, 15) is 4.79 Å². The molecule has 0 unspecified atom stereocenters. The summed E-state index contributed by atoms with van der Waals surface area (Å²) in [5, 5.41) is 10.6. The molecule has 5 nitrogen and oxygen atoms in total. The van der Waals surface area contributed by atoms with E-state index in [0.29, 0.717) is 28.8 Å². The van der Waals surface area contributed by atoms with Gasteiger partial charge in [-0.1, -0.05) is 35.9 Å². The lowest BCUT2D eigenvalue weighted by Crippen LogP contribution is -2.14. The molecule has 0 spiro atoms. The van der Waals surface area contributed by atoms with Crippen LogP contribution in [0.5, 0.6) is 5.75 Å². The molecule has 0 aliphatic rings. The molecule has 128 valence electrons. The molecule has 0 saturated carbocycles. The van der Waals surface area contributed by atoms with Crippen LogP contribution in [-0.2, 0) is 0 Å². The lowest BCUT2D eigenvalue weighted by atomic mass is 10.1. The number of hydrogen-bond donors (Lipinski definition) is 2. The lowest BCUT2D eigenvalue weighted by molar-refractivity contribution is 0.102. The third-order valence-corrected chi connectivity index (χ3v) is 3.96. The molecule has 0 fully saturated rings. The van der Waals surface area contributed by atoms with Gasteiger partial charge >= 0.3 is 0 Å². The van der Waals surface area contributed by atoms with Gasteiger partial charge in [0.05, 0.1) is 12.2 Å². The topological polar surface area (TPSA) is 67.0 Å². The molecule has 2 N–H and O–H groups in total. The zero-order valence-corrected chi connectivity index (χ0v) is 14.7. The number of aromatic amines is 1. The average molecular weight is 356 g/mol. The second-order valence-corrected chi connectivity index (χ2v) is 5.90. The third kappa shape index (κ3) is 3.67. The van der Waals surface area contributed by atoms with E-state index < -0.39 is 0 Å². The first-order valence-corrected chi connectivity index (χ1v) is 8.32. The second kappa shape index (κ2) is 7.40. The average Bonchev–Trinajstić information content (AvgIpc) is 2.96. The van der Waals surface area contributed by atoms with Crippen LogP contribution in [0.15, 0.2) is 48.5 Å². The number of hydrogen-bond acceptors (Lipinski definition) is 3. The first kappa shape index (κ1) is 17.0. The van der Waals surface area contributed by atoms with Gasteiger partial charge in [0.25, 0.3) is 5.91 Å². The highest BCUT2D eigenvalue weighted by Crippen LogP contribution is 2.31. The van der Waals surface area contributed by atoms with Crippen LogP contribution in [0.1, 0.15) is 23.0 Å². The van der Waals surface area contributed by atoms with Gasteiger partial charge in [0.15, 0.2) is 5.82 Å². The Hall–Kier alpha value is -2.79. The van der Waals surface area contributed by atoms with Crippen molar-refractivity contribution in [3.05, 3.63) is 64.8 Å². The van der Waals surface area contributed by atoms with E-state index in [-0.39, 0.29) is 5.91 Å². The molecule has 3 rings (SSSR count). The summed E-state index contributed by atoms with van der Waals surface area (Å²) >= 11 is 6.09. The van der Waals surface area contributed by atoms with Gasteiger partial charge in [-0.25, -0.2) is 0 Å². The number of anilines is 1. The summed E-state index contributed by atoms with van der Waals surface area (Å²) in [5.74, 6) is 0.717. The fourth-order valence-corrected chi connectivity index (χ4v) is 2.82. The number of H-pyrrole nitrogens is 1. The zero-order chi connectivity index (χ0) is 17.8. The lowest BCUT2D eigenvalue weighted by Gasteiger charge is -2.10. The minimum atomic E-state index is -0.279. The van der Waals surface area contributed by atoms with Gasteiger partial charge in [0.2, 0.25) is 0 Å². The molecule has 1 amide bonds. The molecule has 25 heavy (non-hydrogen) atoms. The van der Waals surface area contributed by atoms with E-state index in [1.807, 2.05) is 38.1 Å². The number of rotatable bonds is 5. The fourth-order valence-electron chi connectivity index (χ4n) is 2.63. The number of para-hydroxylation sites is 1. The summed E-state index contributed by atoms with van der Waals surface area (Å²) in [5.41, 5.74) is 2.99. The third-order valence-electron chi connectivity index (χ3n) is 3.72. The van der Waals surface area contributed by atoms with Crippen molar-refractivity contribution in [1.82, 2.24) is 10.2 Å². The predicted molar refractivity (Wildman–Crippen MR) is 99.3 cm³/mol. The number of carbonyl (C=O) groups is 1. The molecule has 0 bridgehead atoms. The van der Waals surface area contributed by atoms with Crippen molar-refractivity contribution in [2.45, 2.75) is 13.8 Å². The molecule has 0 saturated heterocycles. The summed E-state index contributed by atoms with van der Waals surface area (Å²) in [7, 11) is 0. The van der Waals surface area contributed by atoms with Gasteiger partial charge in [0, 0.05) is 16.3 Å². The molecule has 0 radical (unpaired) electrons. The maximum atomic E-state index is 12.7. The maximum Gasteiger partial charge on any atom is 0.260 e. The van der Waals surface area contributed by atoms with Crippen LogP contribution in [0.25, 0.3) is 11.1 Å². The first-order valence-electron chi connectivity index (χ1n) is 7.94. The van der Waals surface area contributed by atoms with Crippen molar-refractivity contribution < 1.29 is 9.53 Å². The van der Waals surface area contributed by atoms with Gasteiger partial charge in [-0.15, -0.1) is 0 Å². The summed E-state index contributed by atoms with van der Waals surface area (Å²) < 4.78 is 5.53. The van der Waals surface area contributed by atoms with Crippen LogP contribution in [0.2, 0.25) is 5.02 Å². The van der Waals surface area contributed by atoms with E-state index in [2.05, 4.69) is 15.5 Å². The summed E-state index contributed by atoms with van der Waals surface area (Å²) in [6, 6.07) is 14.5. The number of ether oxygens (including phenoxy) is 1. The molecular weight excluding hydrogens is 338 g/mol. The molecule has 1 aromatic heterocycles. The highest BCUT2D eigenvalue weighted by atomic mass is 35.5. The van der Waals surface area contributed by atoms with Crippen molar-refractivity contribution in [2.75, 3.05) is 11.9 Å². The number of aryl methyl sites for hydroxylation is 1. The smallest absolute Gasteiger partial charge is 0.260 e. The van der Waals surface area contributed by atoms with Crippen LogP contribution in [0.3, 0.4) is 0 Å². The standard InChI is InChI=1S/C19H18ClN3O2/c1-3-25-16-10-5-4-9-15(16)19(24)21-18-17(12(2)22-23-18)13-7-6-8-14(20)11-13/h4-11H,3H2,1-2H3,(H2,21,22,23,24). The molecule has 1 heterocycles. The monoisotopic (exact) mass is 355 g/mol. The Labute approximate surface area is 151 Å². The first-order chi connectivity index (χ1) is 12.1. The minimum Gasteiger partial charge on any atom is -0.493 e. The summed E-state index contributed by atoms with van der Waals surface area (Å²) in [4.78, 5) is 12.7. The van der Waals surface area contributed by atoms with E-state index >= 15 is 0 Å². The number of nitrogens with one attached hydrogen (secondary N) is 2. The Morgan fingerprint density at radius 3 is 2.80 bits per heavy atom. The van der Waals surface area contributed by atoms with Crippen LogP contribution >= 0.6 is 11.6 Å². The number of amides is 1. The number of benzene rings is 2. The number of carbonyl (C=O) groups excluding carboxylic acids is 1. The number of nitrogens with zero attached hydrogens (tertiary/aromatic N) is 1.